The highest BCUT2D eigenvalue weighted by molar-refractivity contribution is 5.80. The maximum absolute atomic E-state index is 12.0. The van der Waals surface area contributed by atoms with Crippen LogP contribution >= 0.6 is 0 Å². The van der Waals surface area contributed by atoms with Gasteiger partial charge in [0.15, 0.2) is 0 Å². The Labute approximate surface area is 108 Å². The van der Waals surface area contributed by atoms with Gasteiger partial charge in [-0.2, -0.15) is 0 Å². The van der Waals surface area contributed by atoms with Gasteiger partial charge in [0.2, 0.25) is 5.91 Å². The van der Waals surface area contributed by atoms with Crippen LogP contribution in [-0.2, 0) is 4.79 Å². The molecule has 18 heavy (non-hydrogen) atoms. The lowest BCUT2D eigenvalue weighted by Crippen LogP contribution is -2.46. The van der Waals surface area contributed by atoms with Crippen LogP contribution in [0.3, 0.4) is 0 Å². The number of carbonyl (C=O) groups is 1. The minimum Gasteiger partial charge on any atom is -0.390 e. The molecule has 2 N–H and O–H groups in total. The highest BCUT2D eigenvalue weighted by Gasteiger charge is 2.29. The largest absolute Gasteiger partial charge is 0.390 e. The molecule has 1 aromatic carbocycles. The Morgan fingerprint density at radius 1 is 1.33 bits per heavy atom. The Hall–Kier alpha value is -1.55. The van der Waals surface area contributed by atoms with Crippen molar-refractivity contribution >= 4 is 11.6 Å². The van der Waals surface area contributed by atoms with E-state index in [1.807, 2.05) is 42.2 Å². The Kier molecular flexibility index (Phi) is 3.87. The number of hydrogen-bond donors (Lipinski definition) is 2. The number of para-hydroxylation sites is 1. The standard InChI is InChI=1S/C14H20N2O2/c1-14(18)7-9-16(10-8-14)13(17)11-15-12-5-3-2-4-6-12/h2-6,15,18H,7-11H2,1H3. The molecule has 0 aliphatic carbocycles. The van der Waals surface area contributed by atoms with Crippen molar-refractivity contribution < 1.29 is 9.90 Å². The first-order valence-corrected chi connectivity index (χ1v) is 6.36. The third kappa shape index (κ3) is 3.47. The minimum atomic E-state index is -0.608. The molecule has 1 aromatic rings. The summed E-state index contributed by atoms with van der Waals surface area (Å²) in [5.74, 6) is 0.0920. The summed E-state index contributed by atoms with van der Waals surface area (Å²) < 4.78 is 0. The van der Waals surface area contributed by atoms with Crippen LogP contribution in [0.15, 0.2) is 30.3 Å². The average Bonchev–Trinajstić information content (AvgIpc) is 2.37. The maximum atomic E-state index is 12.0. The number of piperidine rings is 1. The molecule has 0 spiro atoms. The number of nitrogens with one attached hydrogen (secondary N) is 1. The molecule has 1 heterocycles. The van der Waals surface area contributed by atoms with Crippen molar-refractivity contribution in [3.8, 4) is 0 Å². The number of rotatable bonds is 3. The van der Waals surface area contributed by atoms with E-state index in [0.717, 1.165) is 5.69 Å². The van der Waals surface area contributed by atoms with Gasteiger partial charge in [0.25, 0.3) is 0 Å². The highest BCUT2D eigenvalue weighted by atomic mass is 16.3. The third-order valence-corrected chi connectivity index (χ3v) is 3.41. The van der Waals surface area contributed by atoms with Crippen molar-refractivity contribution in [2.45, 2.75) is 25.4 Å². The van der Waals surface area contributed by atoms with Crippen molar-refractivity contribution in [1.29, 1.82) is 0 Å². The topological polar surface area (TPSA) is 52.6 Å². The van der Waals surface area contributed by atoms with Gasteiger partial charge in [0, 0.05) is 18.8 Å². The SMILES string of the molecule is CC1(O)CCN(C(=O)CNc2ccccc2)CC1. The lowest BCUT2D eigenvalue weighted by molar-refractivity contribution is -0.133. The van der Waals surface area contributed by atoms with Gasteiger partial charge in [-0.3, -0.25) is 4.79 Å². The summed E-state index contributed by atoms with van der Waals surface area (Å²) in [6, 6.07) is 9.69. The number of aliphatic hydroxyl groups is 1. The van der Waals surface area contributed by atoms with Crippen molar-refractivity contribution in [3.05, 3.63) is 30.3 Å². The summed E-state index contributed by atoms with van der Waals surface area (Å²) in [7, 11) is 0. The predicted molar refractivity (Wildman–Crippen MR) is 71.4 cm³/mol. The molecule has 0 bridgehead atoms. The third-order valence-electron chi connectivity index (χ3n) is 3.41. The lowest BCUT2D eigenvalue weighted by Gasteiger charge is -2.35. The predicted octanol–water partition coefficient (Wildman–Crippen LogP) is 1.47. The zero-order valence-corrected chi connectivity index (χ0v) is 10.7. The van der Waals surface area contributed by atoms with Crippen LogP contribution in [0, 0.1) is 0 Å². The van der Waals surface area contributed by atoms with Gasteiger partial charge in [0.1, 0.15) is 0 Å². The molecule has 1 fully saturated rings. The first-order chi connectivity index (χ1) is 8.57. The van der Waals surface area contributed by atoms with E-state index in [9.17, 15) is 9.90 Å². The molecule has 1 aliphatic rings. The molecule has 2 rings (SSSR count). The van der Waals surface area contributed by atoms with E-state index in [4.69, 9.17) is 0 Å². The van der Waals surface area contributed by atoms with E-state index in [0.29, 0.717) is 32.5 Å². The molecule has 0 unspecified atom stereocenters. The van der Waals surface area contributed by atoms with E-state index < -0.39 is 5.60 Å². The molecule has 0 saturated carbocycles. The Morgan fingerprint density at radius 2 is 1.94 bits per heavy atom. The Balaban J connectivity index is 1.79. The molecule has 0 aromatic heterocycles. The fraction of sp³-hybridized carbons (Fsp3) is 0.500. The molecular formula is C14H20N2O2. The van der Waals surface area contributed by atoms with Gasteiger partial charge in [-0.15, -0.1) is 0 Å². The van der Waals surface area contributed by atoms with E-state index in [-0.39, 0.29) is 5.91 Å². The first-order valence-electron chi connectivity index (χ1n) is 6.36. The highest BCUT2D eigenvalue weighted by Crippen LogP contribution is 2.21. The number of amides is 1. The van der Waals surface area contributed by atoms with Crippen LogP contribution in [0.5, 0.6) is 0 Å². The summed E-state index contributed by atoms with van der Waals surface area (Å²) in [6.45, 7) is 3.42. The molecule has 0 atom stereocenters. The first kappa shape index (κ1) is 12.9. The summed E-state index contributed by atoms with van der Waals surface area (Å²) in [5, 5.41) is 12.9. The summed E-state index contributed by atoms with van der Waals surface area (Å²) in [5.41, 5.74) is 0.346. The summed E-state index contributed by atoms with van der Waals surface area (Å²) in [4.78, 5) is 13.8. The van der Waals surface area contributed by atoms with Crippen LogP contribution in [0.1, 0.15) is 19.8 Å². The normalized spacial score (nSPS) is 18.4. The maximum Gasteiger partial charge on any atom is 0.241 e. The van der Waals surface area contributed by atoms with Crippen molar-refractivity contribution in [2.75, 3.05) is 25.0 Å². The molecular weight excluding hydrogens is 228 g/mol. The number of benzene rings is 1. The van der Waals surface area contributed by atoms with Gasteiger partial charge in [-0.1, -0.05) is 18.2 Å². The fourth-order valence-corrected chi connectivity index (χ4v) is 2.08. The van der Waals surface area contributed by atoms with Crippen LogP contribution in [0.2, 0.25) is 0 Å². The molecule has 1 amide bonds. The van der Waals surface area contributed by atoms with Crippen LogP contribution in [0.4, 0.5) is 5.69 Å². The number of likely N-dealkylation sites (tertiary alicyclic amines) is 1. The summed E-state index contributed by atoms with van der Waals surface area (Å²) >= 11 is 0. The van der Waals surface area contributed by atoms with E-state index in [1.165, 1.54) is 0 Å². The molecule has 98 valence electrons. The van der Waals surface area contributed by atoms with Gasteiger partial charge in [0.05, 0.1) is 12.1 Å². The van der Waals surface area contributed by atoms with E-state index >= 15 is 0 Å². The zero-order chi connectivity index (χ0) is 13.0. The van der Waals surface area contributed by atoms with E-state index in [1.54, 1.807) is 0 Å². The second kappa shape index (κ2) is 5.40. The number of anilines is 1. The molecule has 4 heteroatoms. The Morgan fingerprint density at radius 3 is 2.56 bits per heavy atom. The van der Waals surface area contributed by atoms with Crippen molar-refractivity contribution in [3.63, 3.8) is 0 Å². The van der Waals surface area contributed by atoms with Gasteiger partial charge in [-0.25, -0.2) is 0 Å². The van der Waals surface area contributed by atoms with Crippen LogP contribution < -0.4 is 5.32 Å². The Bertz CT molecular complexity index is 394. The smallest absolute Gasteiger partial charge is 0.241 e. The number of hydrogen-bond acceptors (Lipinski definition) is 3. The second-order valence-electron chi connectivity index (χ2n) is 5.10. The summed E-state index contributed by atoms with van der Waals surface area (Å²) in [6.07, 6.45) is 1.31. The van der Waals surface area contributed by atoms with Gasteiger partial charge >= 0.3 is 0 Å². The van der Waals surface area contributed by atoms with E-state index in [2.05, 4.69) is 5.32 Å². The fourth-order valence-electron chi connectivity index (χ4n) is 2.08. The minimum absolute atomic E-state index is 0.0920. The lowest BCUT2D eigenvalue weighted by atomic mass is 9.94. The van der Waals surface area contributed by atoms with Crippen molar-refractivity contribution in [1.82, 2.24) is 4.90 Å². The molecule has 0 radical (unpaired) electrons. The number of nitrogens with zero attached hydrogens (tertiary/aromatic N) is 1. The molecule has 1 aliphatic heterocycles. The number of carbonyl (C=O) groups excluding carboxylic acids is 1. The second-order valence-corrected chi connectivity index (χ2v) is 5.10. The van der Waals surface area contributed by atoms with Gasteiger partial charge < -0.3 is 15.3 Å². The zero-order valence-electron chi connectivity index (χ0n) is 10.7. The van der Waals surface area contributed by atoms with Crippen molar-refractivity contribution in [2.24, 2.45) is 0 Å². The van der Waals surface area contributed by atoms with Crippen LogP contribution in [0.25, 0.3) is 0 Å². The molecule has 4 nitrogen and oxygen atoms in total. The van der Waals surface area contributed by atoms with Gasteiger partial charge in [-0.05, 0) is 31.9 Å². The monoisotopic (exact) mass is 248 g/mol. The molecule has 1 saturated heterocycles. The van der Waals surface area contributed by atoms with Crippen LogP contribution in [-0.4, -0.2) is 41.1 Å². The average molecular weight is 248 g/mol. The quantitative estimate of drug-likeness (QED) is 0.851.